The minimum Gasteiger partial charge on any atom is -0.490 e. The number of anilines is 1. The number of carbonyl (C=O) groups excluding carboxylic acids is 1. The molecule has 1 amide bonds. The van der Waals surface area contributed by atoms with Crippen LogP contribution in [0.2, 0.25) is 0 Å². The topological polar surface area (TPSA) is 81.9 Å². The van der Waals surface area contributed by atoms with Gasteiger partial charge in [0.05, 0.1) is 22.2 Å². The van der Waals surface area contributed by atoms with Crippen molar-refractivity contribution in [1.82, 2.24) is 9.38 Å². The number of ether oxygens (including phenoxy) is 2. The maximum absolute atomic E-state index is 13.0. The van der Waals surface area contributed by atoms with Gasteiger partial charge in [0, 0.05) is 5.69 Å². The van der Waals surface area contributed by atoms with Gasteiger partial charge in [-0.05, 0) is 61.4 Å². The zero-order chi connectivity index (χ0) is 24.4. The number of imidazole rings is 1. The van der Waals surface area contributed by atoms with E-state index >= 15 is 0 Å². The van der Waals surface area contributed by atoms with Crippen LogP contribution >= 0.6 is 11.3 Å². The Morgan fingerprint density at radius 2 is 1.86 bits per heavy atom. The van der Waals surface area contributed by atoms with Crippen LogP contribution in [-0.2, 0) is 4.79 Å². The molecule has 0 spiro atoms. The summed E-state index contributed by atoms with van der Waals surface area (Å²) in [5.41, 5.74) is 4.00. The molecule has 0 fully saturated rings. The summed E-state index contributed by atoms with van der Waals surface area (Å²) >= 11 is 1.34. The van der Waals surface area contributed by atoms with Crippen LogP contribution in [0.4, 0.5) is 5.69 Å². The summed E-state index contributed by atoms with van der Waals surface area (Å²) in [6.07, 6.45) is 1.81. The van der Waals surface area contributed by atoms with Crippen LogP contribution in [0, 0.1) is 6.92 Å². The van der Waals surface area contributed by atoms with Crippen LogP contribution in [-0.4, -0.2) is 28.5 Å². The van der Waals surface area contributed by atoms with Crippen LogP contribution in [0.25, 0.3) is 22.1 Å². The number of amides is 1. The second kappa shape index (κ2) is 9.60. The molecule has 0 radical (unpaired) electrons. The number of rotatable bonds is 7. The highest BCUT2D eigenvalue weighted by molar-refractivity contribution is 7.15. The summed E-state index contributed by atoms with van der Waals surface area (Å²) in [7, 11) is 0. The lowest BCUT2D eigenvalue weighted by atomic mass is 10.2. The zero-order valence-corrected chi connectivity index (χ0v) is 20.1. The average Bonchev–Trinajstić information content (AvgIpc) is 3.36. The molecule has 5 aromatic rings. The molecule has 0 aliphatic rings. The summed E-state index contributed by atoms with van der Waals surface area (Å²) in [6, 6.07) is 20.5. The first-order chi connectivity index (χ1) is 17.0. The number of fused-ring (bicyclic) bond motifs is 3. The molecule has 176 valence electrons. The molecule has 5 rings (SSSR count). The number of hydrogen-bond donors (Lipinski definition) is 1. The van der Waals surface area contributed by atoms with Gasteiger partial charge < -0.3 is 14.8 Å². The average molecular weight is 486 g/mol. The van der Waals surface area contributed by atoms with Crippen molar-refractivity contribution in [3.8, 4) is 11.5 Å². The number of thiazole rings is 1. The van der Waals surface area contributed by atoms with Crippen molar-refractivity contribution in [2.75, 3.05) is 18.5 Å². The number of benzene rings is 3. The molecule has 0 bridgehead atoms. The largest absolute Gasteiger partial charge is 0.490 e. The fourth-order valence-electron chi connectivity index (χ4n) is 3.81. The van der Waals surface area contributed by atoms with Crippen molar-refractivity contribution in [2.45, 2.75) is 13.8 Å². The molecule has 0 saturated heterocycles. The highest BCUT2D eigenvalue weighted by Crippen LogP contribution is 2.29. The summed E-state index contributed by atoms with van der Waals surface area (Å²) in [6.45, 7) is 4.08. The minimum absolute atomic E-state index is 0.107. The lowest BCUT2D eigenvalue weighted by Crippen LogP contribution is -2.22. The molecular formula is C27H23N3O4S. The van der Waals surface area contributed by atoms with E-state index in [-0.39, 0.29) is 18.1 Å². The van der Waals surface area contributed by atoms with Crippen LogP contribution in [0.1, 0.15) is 18.1 Å². The molecule has 1 N–H and O–H groups in total. The van der Waals surface area contributed by atoms with E-state index in [2.05, 4.69) is 10.3 Å². The Kier molecular flexibility index (Phi) is 6.20. The van der Waals surface area contributed by atoms with Gasteiger partial charge in [0.1, 0.15) is 0 Å². The third-order valence-electron chi connectivity index (χ3n) is 5.49. The quantitative estimate of drug-likeness (QED) is 0.374. The maximum atomic E-state index is 13.0. The second-order valence-corrected chi connectivity index (χ2v) is 8.93. The first kappa shape index (κ1) is 22.6. The normalized spacial score (nSPS) is 11.8. The Bertz CT molecular complexity index is 1650. The Balaban J connectivity index is 1.39. The van der Waals surface area contributed by atoms with Gasteiger partial charge in [-0.25, -0.2) is 9.38 Å². The summed E-state index contributed by atoms with van der Waals surface area (Å²) in [5.74, 6) is 0.699. The Morgan fingerprint density at radius 1 is 1.06 bits per heavy atom. The molecule has 8 heteroatoms. The predicted octanol–water partition coefficient (Wildman–Crippen LogP) is 4.18. The van der Waals surface area contributed by atoms with Gasteiger partial charge in [0.15, 0.2) is 23.1 Å². The van der Waals surface area contributed by atoms with Gasteiger partial charge >= 0.3 is 0 Å². The SMILES string of the molecule is CCOc1cc(/C=c2\sc3nc4ccccc4n3c2=O)ccc1OCC(=O)Nc1ccccc1C. The molecule has 0 unspecified atom stereocenters. The monoisotopic (exact) mass is 485 g/mol. The van der Waals surface area contributed by atoms with Crippen molar-refractivity contribution in [3.63, 3.8) is 0 Å². The van der Waals surface area contributed by atoms with Crippen molar-refractivity contribution >= 4 is 45.0 Å². The van der Waals surface area contributed by atoms with Crippen LogP contribution in [0.5, 0.6) is 11.5 Å². The number of nitrogens with zero attached hydrogens (tertiary/aromatic N) is 2. The molecule has 0 atom stereocenters. The molecular weight excluding hydrogens is 462 g/mol. The standard InChI is InChI=1S/C27H23N3O4S/c1-3-33-23-14-18(12-13-22(23)34-16-25(31)28-19-9-5-4-8-17(19)2)15-24-26(32)30-21-11-7-6-10-20(21)29-27(30)35-24/h4-15H,3,16H2,1-2H3,(H,28,31)/b24-15-. The molecule has 0 aliphatic heterocycles. The van der Waals surface area contributed by atoms with Crippen molar-refractivity contribution in [1.29, 1.82) is 0 Å². The number of hydrogen-bond acceptors (Lipinski definition) is 6. The first-order valence-electron chi connectivity index (χ1n) is 11.2. The smallest absolute Gasteiger partial charge is 0.274 e. The maximum Gasteiger partial charge on any atom is 0.274 e. The molecule has 0 saturated carbocycles. The van der Waals surface area contributed by atoms with E-state index in [4.69, 9.17) is 9.47 Å². The molecule has 3 aromatic carbocycles. The number of aromatic nitrogens is 2. The fraction of sp³-hybridized carbons (Fsp3) is 0.148. The fourth-order valence-corrected chi connectivity index (χ4v) is 4.79. The van der Waals surface area contributed by atoms with E-state index < -0.39 is 0 Å². The molecule has 7 nitrogen and oxygen atoms in total. The Hall–Kier alpha value is -4.17. The van der Waals surface area contributed by atoms with Crippen molar-refractivity contribution < 1.29 is 14.3 Å². The number of para-hydroxylation sites is 3. The van der Waals surface area contributed by atoms with Gasteiger partial charge in [-0.1, -0.05) is 47.7 Å². The Morgan fingerprint density at radius 3 is 2.69 bits per heavy atom. The van der Waals surface area contributed by atoms with Crippen molar-refractivity contribution in [3.05, 3.63) is 92.7 Å². The highest BCUT2D eigenvalue weighted by Gasteiger charge is 2.12. The van der Waals surface area contributed by atoms with E-state index in [1.807, 2.05) is 74.5 Å². The second-order valence-electron chi connectivity index (χ2n) is 7.93. The summed E-state index contributed by atoms with van der Waals surface area (Å²) in [5, 5.41) is 2.85. The molecule has 2 aromatic heterocycles. The number of carbonyl (C=O) groups is 1. The molecule has 0 aliphatic carbocycles. The number of aryl methyl sites for hydroxylation is 1. The van der Waals surface area contributed by atoms with E-state index in [0.717, 1.165) is 27.8 Å². The lowest BCUT2D eigenvalue weighted by Gasteiger charge is -2.13. The van der Waals surface area contributed by atoms with Gasteiger partial charge in [-0.15, -0.1) is 0 Å². The Labute approximate surface area is 205 Å². The molecule has 2 heterocycles. The van der Waals surface area contributed by atoms with E-state index in [0.29, 0.717) is 27.6 Å². The van der Waals surface area contributed by atoms with Crippen LogP contribution < -0.4 is 24.9 Å². The van der Waals surface area contributed by atoms with Gasteiger partial charge in [-0.3, -0.25) is 9.59 Å². The third kappa shape index (κ3) is 4.61. The summed E-state index contributed by atoms with van der Waals surface area (Å²) < 4.78 is 13.7. The lowest BCUT2D eigenvalue weighted by molar-refractivity contribution is -0.118. The predicted molar refractivity (Wildman–Crippen MR) is 139 cm³/mol. The van der Waals surface area contributed by atoms with Crippen molar-refractivity contribution in [2.24, 2.45) is 0 Å². The zero-order valence-electron chi connectivity index (χ0n) is 19.3. The van der Waals surface area contributed by atoms with Gasteiger partial charge in [-0.2, -0.15) is 0 Å². The third-order valence-corrected chi connectivity index (χ3v) is 6.46. The van der Waals surface area contributed by atoms with Gasteiger partial charge in [0.25, 0.3) is 11.5 Å². The highest BCUT2D eigenvalue weighted by atomic mass is 32.1. The van der Waals surface area contributed by atoms with E-state index in [1.54, 1.807) is 16.5 Å². The minimum atomic E-state index is -0.262. The van der Waals surface area contributed by atoms with E-state index in [9.17, 15) is 9.59 Å². The number of nitrogens with one attached hydrogen (secondary N) is 1. The van der Waals surface area contributed by atoms with Crippen LogP contribution in [0.15, 0.2) is 71.5 Å². The van der Waals surface area contributed by atoms with E-state index in [1.165, 1.54) is 11.3 Å². The van der Waals surface area contributed by atoms with Gasteiger partial charge in [0.2, 0.25) is 0 Å². The summed E-state index contributed by atoms with van der Waals surface area (Å²) in [4.78, 5) is 30.6. The first-order valence-corrected chi connectivity index (χ1v) is 12.0. The van der Waals surface area contributed by atoms with Crippen LogP contribution in [0.3, 0.4) is 0 Å². The molecule has 35 heavy (non-hydrogen) atoms.